The molecule has 3 aliphatic rings. The van der Waals surface area contributed by atoms with E-state index in [0.717, 1.165) is 22.4 Å². The van der Waals surface area contributed by atoms with Gasteiger partial charge in [-0.3, -0.25) is 14.6 Å². The standard InChI is InChI=1S/C16H13N3O2/c1-19-8-12(11-4-5-17-15(11)16(19)21)9-2-3-13-10(6-9)7-14(20)18-13/h2-6,8,11H,7H2,1H3,(H,18,20). The molecule has 0 aromatic heterocycles. The third-order valence-corrected chi connectivity index (χ3v) is 4.06. The van der Waals surface area contributed by atoms with Crippen molar-refractivity contribution >= 4 is 28.8 Å². The fourth-order valence-corrected chi connectivity index (χ4v) is 3.01. The van der Waals surface area contributed by atoms with Crippen molar-refractivity contribution in [2.24, 2.45) is 10.9 Å². The highest BCUT2D eigenvalue weighted by Gasteiger charge is 2.34. The first-order valence-electron chi connectivity index (χ1n) is 6.80. The van der Waals surface area contributed by atoms with Gasteiger partial charge in [0.2, 0.25) is 5.91 Å². The molecule has 3 aliphatic heterocycles. The summed E-state index contributed by atoms with van der Waals surface area (Å²) in [7, 11) is 1.73. The van der Waals surface area contributed by atoms with E-state index in [-0.39, 0.29) is 17.7 Å². The van der Waals surface area contributed by atoms with E-state index in [4.69, 9.17) is 0 Å². The number of rotatable bonds is 1. The van der Waals surface area contributed by atoms with Crippen LogP contribution in [0.15, 0.2) is 41.7 Å². The lowest BCUT2D eigenvalue weighted by molar-refractivity contribution is -0.121. The average Bonchev–Trinajstić information content (AvgIpc) is 3.07. The summed E-state index contributed by atoms with van der Waals surface area (Å²) in [6.45, 7) is 0. The molecule has 1 N–H and O–H groups in total. The Balaban J connectivity index is 1.80. The lowest BCUT2D eigenvalue weighted by atomic mass is 9.86. The molecule has 1 unspecified atom stereocenters. The van der Waals surface area contributed by atoms with Gasteiger partial charge in [0.25, 0.3) is 5.91 Å². The number of allylic oxidation sites excluding steroid dienone is 2. The zero-order valence-electron chi connectivity index (χ0n) is 11.5. The number of carbonyl (C=O) groups is 2. The highest BCUT2D eigenvalue weighted by molar-refractivity contribution is 6.44. The molecule has 0 saturated carbocycles. The van der Waals surface area contributed by atoms with Gasteiger partial charge in [-0.15, -0.1) is 0 Å². The Morgan fingerprint density at radius 2 is 2.19 bits per heavy atom. The molecule has 1 aromatic carbocycles. The first-order valence-corrected chi connectivity index (χ1v) is 6.80. The number of hydrogen-bond donors (Lipinski definition) is 1. The van der Waals surface area contributed by atoms with Crippen LogP contribution < -0.4 is 5.32 Å². The molecule has 2 amide bonds. The van der Waals surface area contributed by atoms with E-state index in [2.05, 4.69) is 10.3 Å². The maximum absolute atomic E-state index is 12.1. The Morgan fingerprint density at radius 3 is 3.05 bits per heavy atom. The van der Waals surface area contributed by atoms with Gasteiger partial charge in [-0.05, 0) is 28.8 Å². The SMILES string of the molecule is CN1C=C(c2ccc3c(c2)CC(=O)N3)C2C=CN=C2C1=O. The molecule has 0 spiro atoms. The lowest BCUT2D eigenvalue weighted by Crippen LogP contribution is -2.37. The minimum absolute atomic E-state index is 0.0232. The molecule has 104 valence electrons. The topological polar surface area (TPSA) is 61.8 Å². The molecule has 5 nitrogen and oxygen atoms in total. The van der Waals surface area contributed by atoms with Gasteiger partial charge in [-0.1, -0.05) is 12.1 Å². The molecule has 0 aliphatic carbocycles. The number of aliphatic imine (C=N–C) groups is 1. The summed E-state index contributed by atoms with van der Waals surface area (Å²) in [5, 5.41) is 2.83. The number of anilines is 1. The summed E-state index contributed by atoms with van der Waals surface area (Å²) < 4.78 is 0. The molecular weight excluding hydrogens is 266 g/mol. The Kier molecular flexibility index (Phi) is 2.39. The van der Waals surface area contributed by atoms with E-state index < -0.39 is 0 Å². The second-order valence-corrected chi connectivity index (χ2v) is 5.43. The largest absolute Gasteiger partial charge is 0.326 e. The molecule has 1 aromatic rings. The predicted octanol–water partition coefficient (Wildman–Crippen LogP) is 1.58. The van der Waals surface area contributed by atoms with E-state index in [1.54, 1.807) is 18.1 Å². The lowest BCUT2D eigenvalue weighted by Gasteiger charge is -2.26. The van der Waals surface area contributed by atoms with E-state index in [1.165, 1.54) is 0 Å². The summed E-state index contributed by atoms with van der Waals surface area (Å²) in [4.78, 5) is 29.3. The highest BCUT2D eigenvalue weighted by Crippen LogP contribution is 2.35. The van der Waals surface area contributed by atoms with Crippen molar-refractivity contribution < 1.29 is 9.59 Å². The van der Waals surface area contributed by atoms with Crippen LogP contribution in [0.25, 0.3) is 5.57 Å². The van der Waals surface area contributed by atoms with Crippen LogP contribution in [0.4, 0.5) is 5.69 Å². The average molecular weight is 279 g/mol. The van der Waals surface area contributed by atoms with Crippen LogP contribution in [0, 0.1) is 5.92 Å². The number of hydrogen-bond acceptors (Lipinski definition) is 3. The first-order chi connectivity index (χ1) is 10.1. The molecule has 21 heavy (non-hydrogen) atoms. The van der Waals surface area contributed by atoms with E-state index in [1.807, 2.05) is 30.5 Å². The molecule has 0 radical (unpaired) electrons. The summed E-state index contributed by atoms with van der Waals surface area (Å²) in [5.74, 6) is -0.126. The number of nitrogens with one attached hydrogen (secondary N) is 1. The van der Waals surface area contributed by atoms with E-state index >= 15 is 0 Å². The molecule has 4 rings (SSSR count). The van der Waals surface area contributed by atoms with Crippen molar-refractivity contribution in [1.82, 2.24) is 4.90 Å². The van der Waals surface area contributed by atoms with Crippen LogP contribution in [-0.4, -0.2) is 29.5 Å². The zero-order chi connectivity index (χ0) is 14.6. The van der Waals surface area contributed by atoms with Crippen LogP contribution in [-0.2, 0) is 16.0 Å². The van der Waals surface area contributed by atoms with Gasteiger partial charge >= 0.3 is 0 Å². The molecule has 5 heteroatoms. The van der Waals surface area contributed by atoms with Crippen molar-refractivity contribution in [3.8, 4) is 0 Å². The third kappa shape index (κ3) is 1.74. The highest BCUT2D eigenvalue weighted by atomic mass is 16.2. The molecular formula is C16H13N3O2. The van der Waals surface area contributed by atoms with Crippen molar-refractivity contribution in [1.29, 1.82) is 0 Å². The smallest absolute Gasteiger partial charge is 0.272 e. The Labute approximate surface area is 121 Å². The van der Waals surface area contributed by atoms with Gasteiger partial charge in [0, 0.05) is 25.1 Å². The van der Waals surface area contributed by atoms with Gasteiger partial charge in [0.05, 0.1) is 12.3 Å². The van der Waals surface area contributed by atoms with Crippen molar-refractivity contribution in [2.45, 2.75) is 6.42 Å². The number of amides is 2. The summed E-state index contributed by atoms with van der Waals surface area (Å²) in [6.07, 6.45) is 5.88. The normalized spacial score (nSPS) is 22.7. The molecule has 0 saturated heterocycles. The Morgan fingerprint density at radius 1 is 1.33 bits per heavy atom. The Bertz CT molecular complexity index is 774. The fraction of sp³-hybridized carbons (Fsp3) is 0.188. The zero-order valence-corrected chi connectivity index (χ0v) is 11.5. The number of benzene rings is 1. The van der Waals surface area contributed by atoms with E-state index in [0.29, 0.717) is 12.1 Å². The van der Waals surface area contributed by atoms with Gasteiger partial charge < -0.3 is 10.2 Å². The van der Waals surface area contributed by atoms with Crippen LogP contribution in [0.1, 0.15) is 11.1 Å². The maximum Gasteiger partial charge on any atom is 0.272 e. The summed E-state index contributed by atoms with van der Waals surface area (Å²) in [6, 6.07) is 5.92. The Hall–Kier alpha value is -2.69. The van der Waals surface area contributed by atoms with Crippen LogP contribution >= 0.6 is 0 Å². The minimum atomic E-state index is -0.0863. The van der Waals surface area contributed by atoms with Crippen molar-refractivity contribution in [3.05, 3.63) is 47.8 Å². The van der Waals surface area contributed by atoms with Crippen LogP contribution in [0.2, 0.25) is 0 Å². The molecule has 3 heterocycles. The summed E-state index contributed by atoms with van der Waals surface area (Å²) >= 11 is 0. The van der Waals surface area contributed by atoms with Gasteiger partial charge in [-0.25, -0.2) is 0 Å². The number of carbonyl (C=O) groups excluding carboxylic acids is 2. The van der Waals surface area contributed by atoms with Crippen molar-refractivity contribution in [2.75, 3.05) is 12.4 Å². The molecule has 1 atom stereocenters. The minimum Gasteiger partial charge on any atom is -0.326 e. The van der Waals surface area contributed by atoms with Gasteiger partial charge in [0.15, 0.2) is 0 Å². The fourth-order valence-electron chi connectivity index (χ4n) is 3.01. The second kappa shape index (κ2) is 4.15. The quantitative estimate of drug-likeness (QED) is 0.848. The van der Waals surface area contributed by atoms with Crippen LogP contribution in [0.3, 0.4) is 0 Å². The van der Waals surface area contributed by atoms with Gasteiger partial charge in [0.1, 0.15) is 5.71 Å². The van der Waals surface area contributed by atoms with Crippen LogP contribution in [0.5, 0.6) is 0 Å². The number of nitrogens with zero attached hydrogens (tertiary/aromatic N) is 2. The maximum atomic E-state index is 12.1. The molecule has 0 bridgehead atoms. The number of fused-ring (bicyclic) bond motifs is 2. The molecule has 0 fully saturated rings. The monoisotopic (exact) mass is 279 g/mol. The predicted molar refractivity (Wildman–Crippen MR) is 79.6 cm³/mol. The van der Waals surface area contributed by atoms with Gasteiger partial charge in [-0.2, -0.15) is 0 Å². The van der Waals surface area contributed by atoms with Crippen molar-refractivity contribution in [3.63, 3.8) is 0 Å². The van der Waals surface area contributed by atoms with E-state index in [9.17, 15) is 9.59 Å². The second-order valence-electron chi connectivity index (χ2n) is 5.43. The first kappa shape index (κ1) is 12.1. The summed E-state index contributed by atoms with van der Waals surface area (Å²) in [5.41, 5.74) is 4.49. The third-order valence-electron chi connectivity index (χ3n) is 4.06.